The summed E-state index contributed by atoms with van der Waals surface area (Å²) in [6, 6.07) is 14.6. The highest BCUT2D eigenvalue weighted by molar-refractivity contribution is 7.09. The van der Waals surface area contributed by atoms with Crippen molar-refractivity contribution in [2.45, 2.75) is 19.9 Å². The van der Waals surface area contributed by atoms with E-state index in [4.69, 9.17) is 4.99 Å². The molecule has 0 aliphatic rings. The topological polar surface area (TPSA) is 40.5 Å². The molecule has 1 N–H and O–H groups in total. The molecule has 0 bridgehead atoms. The van der Waals surface area contributed by atoms with E-state index in [1.807, 2.05) is 12.3 Å². The highest BCUT2D eigenvalue weighted by Crippen LogP contribution is 2.16. The summed E-state index contributed by atoms with van der Waals surface area (Å²) < 4.78 is 0. The smallest absolute Gasteiger partial charge is 0.193 e. The Labute approximate surface area is 153 Å². The van der Waals surface area contributed by atoms with Gasteiger partial charge in [-0.25, -0.2) is 4.99 Å². The van der Waals surface area contributed by atoms with Crippen molar-refractivity contribution in [2.75, 3.05) is 20.1 Å². The van der Waals surface area contributed by atoms with Crippen LogP contribution in [0.25, 0.3) is 10.9 Å². The van der Waals surface area contributed by atoms with Crippen LogP contribution in [0.5, 0.6) is 0 Å². The van der Waals surface area contributed by atoms with E-state index in [0.717, 1.165) is 41.9 Å². The summed E-state index contributed by atoms with van der Waals surface area (Å²) >= 11 is 1.81. The number of fused-ring (bicyclic) bond motifs is 1. The summed E-state index contributed by atoms with van der Waals surface area (Å²) in [5.74, 6) is 0.937. The lowest BCUT2D eigenvalue weighted by molar-refractivity contribution is 0.486. The van der Waals surface area contributed by atoms with Gasteiger partial charge in [0.2, 0.25) is 0 Å². The average molecular weight is 353 g/mol. The molecule has 3 aromatic rings. The fourth-order valence-corrected chi connectivity index (χ4v) is 3.46. The number of aliphatic imine (C=N–C) groups is 1. The molecule has 0 amide bonds. The average Bonchev–Trinajstić information content (AvgIpc) is 3.16. The monoisotopic (exact) mass is 352 g/mol. The number of pyridine rings is 1. The summed E-state index contributed by atoms with van der Waals surface area (Å²) in [5, 5.41) is 6.68. The first-order valence-corrected chi connectivity index (χ1v) is 9.50. The van der Waals surface area contributed by atoms with Gasteiger partial charge in [-0.3, -0.25) is 4.98 Å². The largest absolute Gasteiger partial charge is 0.357 e. The van der Waals surface area contributed by atoms with Gasteiger partial charge in [0.15, 0.2) is 5.96 Å². The molecule has 2 heterocycles. The summed E-state index contributed by atoms with van der Waals surface area (Å²) in [6.45, 7) is 4.53. The second-order valence-electron chi connectivity index (χ2n) is 5.91. The fourth-order valence-electron chi connectivity index (χ4n) is 2.76. The maximum absolute atomic E-state index is 4.83. The zero-order valence-electron chi connectivity index (χ0n) is 14.8. The van der Waals surface area contributed by atoms with Crippen LogP contribution in [0.1, 0.15) is 17.4 Å². The quantitative estimate of drug-likeness (QED) is 0.540. The van der Waals surface area contributed by atoms with E-state index in [9.17, 15) is 0 Å². The van der Waals surface area contributed by atoms with Crippen LogP contribution in [0, 0.1) is 0 Å². The van der Waals surface area contributed by atoms with Gasteiger partial charge in [0, 0.05) is 36.6 Å². The van der Waals surface area contributed by atoms with Crippen LogP contribution in [0.3, 0.4) is 0 Å². The van der Waals surface area contributed by atoms with E-state index in [-0.39, 0.29) is 0 Å². The van der Waals surface area contributed by atoms with Gasteiger partial charge in [0.05, 0.1) is 12.1 Å². The van der Waals surface area contributed by atoms with E-state index >= 15 is 0 Å². The molecule has 0 atom stereocenters. The number of hydrogen-bond donors (Lipinski definition) is 1. The van der Waals surface area contributed by atoms with Gasteiger partial charge >= 0.3 is 0 Å². The number of benzene rings is 1. The van der Waals surface area contributed by atoms with Crippen LogP contribution in [-0.2, 0) is 13.0 Å². The van der Waals surface area contributed by atoms with Crippen LogP contribution in [-0.4, -0.2) is 36.0 Å². The van der Waals surface area contributed by atoms with Gasteiger partial charge in [-0.15, -0.1) is 11.3 Å². The van der Waals surface area contributed by atoms with E-state index in [0.29, 0.717) is 6.54 Å². The Balaban J connectivity index is 1.72. The number of nitrogens with one attached hydrogen (secondary N) is 1. The van der Waals surface area contributed by atoms with Gasteiger partial charge in [-0.1, -0.05) is 30.3 Å². The summed E-state index contributed by atoms with van der Waals surface area (Å²) in [5.41, 5.74) is 2.19. The van der Waals surface area contributed by atoms with Crippen molar-refractivity contribution in [3.63, 3.8) is 0 Å². The second-order valence-corrected chi connectivity index (χ2v) is 6.95. The summed E-state index contributed by atoms with van der Waals surface area (Å²) in [4.78, 5) is 12.9. The van der Waals surface area contributed by atoms with Gasteiger partial charge < -0.3 is 10.2 Å². The fraction of sp³-hybridized carbons (Fsp3) is 0.300. The van der Waals surface area contributed by atoms with Crippen LogP contribution in [0.15, 0.2) is 59.0 Å². The number of aromatic nitrogens is 1. The molecule has 3 rings (SSSR count). The van der Waals surface area contributed by atoms with Crippen molar-refractivity contribution < 1.29 is 0 Å². The summed E-state index contributed by atoms with van der Waals surface area (Å²) in [6.07, 6.45) is 2.88. The Kier molecular flexibility index (Phi) is 6.01. The van der Waals surface area contributed by atoms with Gasteiger partial charge in [0.25, 0.3) is 0 Å². The molecule has 0 radical (unpaired) electrons. The molecule has 0 aliphatic carbocycles. The van der Waals surface area contributed by atoms with Crippen LogP contribution >= 0.6 is 11.3 Å². The predicted molar refractivity (Wildman–Crippen MR) is 107 cm³/mol. The molecule has 25 heavy (non-hydrogen) atoms. The van der Waals surface area contributed by atoms with Gasteiger partial charge in [-0.05, 0) is 36.4 Å². The van der Waals surface area contributed by atoms with Crippen molar-refractivity contribution in [3.8, 4) is 0 Å². The molecule has 2 aromatic heterocycles. The maximum atomic E-state index is 4.83. The summed E-state index contributed by atoms with van der Waals surface area (Å²) in [7, 11) is 2.09. The Morgan fingerprint density at radius 2 is 2.08 bits per heavy atom. The Hall–Kier alpha value is -2.40. The van der Waals surface area contributed by atoms with Crippen molar-refractivity contribution in [3.05, 3.63) is 64.5 Å². The van der Waals surface area contributed by atoms with Crippen molar-refractivity contribution >= 4 is 28.2 Å². The molecule has 1 aromatic carbocycles. The number of rotatable bonds is 6. The molecule has 4 nitrogen and oxygen atoms in total. The molecular formula is C20H24N4S. The molecule has 5 heteroatoms. The maximum Gasteiger partial charge on any atom is 0.193 e. The van der Waals surface area contributed by atoms with Crippen molar-refractivity contribution in [1.82, 2.24) is 15.2 Å². The number of hydrogen-bond acceptors (Lipinski definition) is 3. The highest BCUT2D eigenvalue weighted by Gasteiger charge is 2.07. The predicted octanol–water partition coefficient (Wildman–Crippen LogP) is 3.94. The number of nitrogens with zero attached hydrogens (tertiary/aromatic N) is 3. The second kappa shape index (κ2) is 8.62. The third kappa shape index (κ3) is 4.57. The molecular weight excluding hydrogens is 328 g/mol. The molecule has 0 spiro atoms. The number of thiophene rings is 1. The Morgan fingerprint density at radius 3 is 2.88 bits per heavy atom. The first-order chi connectivity index (χ1) is 12.3. The van der Waals surface area contributed by atoms with Crippen LogP contribution in [0.2, 0.25) is 0 Å². The lowest BCUT2D eigenvalue weighted by Crippen LogP contribution is -2.39. The zero-order valence-corrected chi connectivity index (χ0v) is 15.6. The minimum Gasteiger partial charge on any atom is -0.357 e. The SMILES string of the molecule is CCNC(=NCc1cccc2cccnc12)N(C)CCc1cccs1. The lowest BCUT2D eigenvalue weighted by Gasteiger charge is -2.21. The van der Waals surface area contributed by atoms with E-state index in [1.54, 1.807) is 11.3 Å². The molecule has 0 fully saturated rings. The van der Waals surface area contributed by atoms with E-state index in [2.05, 4.69) is 71.0 Å². The first-order valence-electron chi connectivity index (χ1n) is 8.62. The minimum absolute atomic E-state index is 0.625. The Bertz CT molecular complexity index is 821. The highest BCUT2D eigenvalue weighted by atomic mass is 32.1. The molecule has 0 saturated heterocycles. The molecule has 0 aliphatic heterocycles. The minimum atomic E-state index is 0.625. The van der Waals surface area contributed by atoms with Crippen molar-refractivity contribution in [2.24, 2.45) is 4.99 Å². The third-order valence-electron chi connectivity index (χ3n) is 4.09. The third-order valence-corrected chi connectivity index (χ3v) is 5.02. The van der Waals surface area contributed by atoms with E-state index < -0.39 is 0 Å². The molecule has 0 saturated carbocycles. The molecule has 0 unspecified atom stereocenters. The van der Waals surface area contributed by atoms with Crippen molar-refractivity contribution in [1.29, 1.82) is 0 Å². The van der Waals surface area contributed by atoms with Crippen LogP contribution < -0.4 is 5.32 Å². The van der Waals surface area contributed by atoms with Gasteiger partial charge in [-0.2, -0.15) is 0 Å². The van der Waals surface area contributed by atoms with Gasteiger partial charge in [0.1, 0.15) is 0 Å². The first kappa shape index (κ1) is 17.4. The number of guanidine groups is 1. The van der Waals surface area contributed by atoms with Crippen LogP contribution in [0.4, 0.5) is 0 Å². The number of para-hydroxylation sites is 1. The zero-order chi connectivity index (χ0) is 17.5. The lowest BCUT2D eigenvalue weighted by atomic mass is 10.1. The number of likely N-dealkylation sites (N-methyl/N-ethyl adjacent to an activating group) is 1. The Morgan fingerprint density at radius 1 is 1.20 bits per heavy atom. The van der Waals surface area contributed by atoms with E-state index in [1.165, 1.54) is 4.88 Å². The normalized spacial score (nSPS) is 11.7. The molecule has 130 valence electrons. The standard InChI is InChI=1S/C20H24N4S/c1-3-21-20(24(2)13-11-18-10-6-14-25-18)23-15-17-8-4-7-16-9-5-12-22-19(16)17/h4-10,12,14H,3,11,13,15H2,1-2H3,(H,21,23).